The van der Waals surface area contributed by atoms with Crippen molar-refractivity contribution in [3.8, 4) is 0 Å². The second-order valence-electron chi connectivity index (χ2n) is 6.68. The van der Waals surface area contributed by atoms with E-state index in [1.807, 2.05) is 7.05 Å². The number of hydrogen-bond acceptors (Lipinski definition) is 5. The van der Waals surface area contributed by atoms with Crippen molar-refractivity contribution in [2.45, 2.75) is 37.6 Å². The van der Waals surface area contributed by atoms with E-state index in [4.69, 9.17) is 5.73 Å². The van der Waals surface area contributed by atoms with Crippen LogP contribution in [0, 0.1) is 11.8 Å². The Balaban J connectivity index is 1.57. The summed E-state index contributed by atoms with van der Waals surface area (Å²) in [6.45, 7) is 2.03. The summed E-state index contributed by atoms with van der Waals surface area (Å²) in [5, 5.41) is 3.29. The molecule has 3 aliphatic rings. The summed E-state index contributed by atoms with van der Waals surface area (Å²) in [6.07, 6.45) is 5.50. The molecule has 3 atom stereocenters. The summed E-state index contributed by atoms with van der Waals surface area (Å²) in [5.41, 5.74) is 7.13. The van der Waals surface area contributed by atoms with E-state index in [2.05, 4.69) is 26.3 Å². The minimum absolute atomic E-state index is 0.438. The van der Waals surface area contributed by atoms with Gasteiger partial charge in [-0.1, -0.05) is 6.42 Å². The zero-order valence-electron chi connectivity index (χ0n) is 12.0. The molecule has 0 spiro atoms. The summed E-state index contributed by atoms with van der Waals surface area (Å²) in [5.74, 6) is 3.85. The van der Waals surface area contributed by atoms with E-state index in [0.29, 0.717) is 17.9 Å². The van der Waals surface area contributed by atoms with Gasteiger partial charge in [-0.05, 0) is 38.1 Å². The van der Waals surface area contributed by atoms with Crippen molar-refractivity contribution in [3.63, 3.8) is 0 Å². The van der Waals surface area contributed by atoms with Crippen LogP contribution in [0.3, 0.4) is 0 Å². The van der Waals surface area contributed by atoms with Crippen LogP contribution in [0.2, 0.25) is 0 Å². The quantitative estimate of drug-likeness (QED) is 0.870. The number of fused-ring (bicyclic) bond motifs is 2. The Morgan fingerprint density at radius 1 is 1.25 bits per heavy atom. The molecule has 3 fully saturated rings. The van der Waals surface area contributed by atoms with Crippen LogP contribution in [0.1, 0.15) is 37.3 Å². The Morgan fingerprint density at radius 2 is 2.10 bits per heavy atom. The third-order valence-electron chi connectivity index (χ3n) is 5.48. The highest BCUT2D eigenvalue weighted by molar-refractivity contribution is 5.47. The maximum Gasteiger partial charge on any atom is 0.222 e. The average Bonchev–Trinajstić information content (AvgIpc) is 2.99. The Bertz CT molecular complexity index is 511. The molecular weight excluding hydrogens is 250 g/mol. The molecule has 108 valence electrons. The minimum Gasteiger partial charge on any atom is -0.368 e. The fourth-order valence-electron chi connectivity index (χ4n) is 4.28. The molecule has 3 N–H and O–H groups in total. The first-order valence-corrected chi connectivity index (χ1v) is 7.79. The van der Waals surface area contributed by atoms with Crippen LogP contribution in [0.5, 0.6) is 0 Å². The van der Waals surface area contributed by atoms with Gasteiger partial charge in [-0.15, -0.1) is 0 Å². The SMILES string of the molecule is CNC1CN(c2cc(C3CC4CCC3C4)nc(N)n2)C1. The molecule has 1 aliphatic heterocycles. The van der Waals surface area contributed by atoms with Crippen LogP contribution >= 0.6 is 0 Å². The second-order valence-corrected chi connectivity index (χ2v) is 6.68. The third kappa shape index (κ3) is 1.95. The number of rotatable bonds is 3. The number of hydrogen-bond donors (Lipinski definition) is 2. The van der Waals surface area contributed by atoms with Crippen LogP contribution in [0.15, 0.2) is 6.07 Å². The largest absolute Gasteiger partial charge is 0.368 e. The molecule has 0 amide bonds. The van der Waals surface area contributed by atoms with Crippen molar-refractivity contribution < 1.29 is 0 Å². The Kier molecular flexibility index (Phi) is 2.84. The lowest BCUT2D eigenvalue weighted by molar-refractivity contribution is 0.412. The molecule has 0 aromatic carbocycles. The van der Waals surface area contributed by atoms with Gasteiger partial charge in [-0.2, -0.15) is 4.98 Å². The first kappa shape index (κ1) is 12.4. The second kappa shape index (κ2) is 4.58. The lowest BCUT2D eigenvalue weighted by Crippen LogP contribution is -2.57. The lowest BCUT2D eigenvalue weighted by atomic mass is 9.86. The van der Waals surface area contributed by atoms with Gasteiger partial charge in [0.05, 0.1) is 5.69 Å². The summed E-state index contributed by atoms with van der Waals surface area (Å²) >= 11 is 0. The monoisotopic (exact) mass is 273 g/mol. The third-order valence-corrected chi connectivity index (χ3v) is 5.48. The normalized spacial score (nSPS) is 32.6. The Labute approximate surface area is 120 Å². The molecule has 1 aromatic rings. The van der Waals surface area contributed by atoms with E-state index in [0.717, 1.165) is 30.7 Å². The molecule has 4 rings (SSSR count). The predicted molar refractivity (Wildman–Crippen MR) is 79.7 cm³/mol. The summed E-state index contributed by atoms with van der Waals surface area (Å²) in [4.78, 5) is 11.2. The molecule has 2 saturated carbocycles. The first-order chi connectivity index (χ1) is 9.72. The zero-order valence-corrected chi connectivity index (χ0v) is 12.0. The number of nitrogen functional groups attached to an aromatic ring is 1. The highest BCUT2D eigenvalue weighted by Crippen LogP contribution is 2.52. The van der Waals surface area contributed by atoms with E-state index in [-0.39, 0.29) is 0 Å². The molecule has 1 aromatic heterocycles. The standard InChI is InChI=1S/C15H23N5/c1-17-11-7-20(8-11)14-6-13(18-15(16)19-14)12-5-9-2-3-10(12)4-9/h6,9-12,17H,2-5,7-8H2,1H3,(H2,16,18,19). The van der Waals surface area contributed by atoms with Gasteiger partial charge in [0, 0.05) is 31.1 Å². The molecule has 2 aliphatic carbocycles. The van der Waals surface area contributed by atoms with Gasteiger partial charge in [-0.25, -0.2) is 4.98 Å². The van der Waals surface area contributed by atoms with Gasteiger partial charge in [0.2, 0.25) is 5.95 Å². The van der Waals surface area contributed by atoms with Crippen molar-refractivity contribution >= 4 is 11.8 Å². The average molecular weight is 273 g/mol. The van der Waals surface area contributed by atoms with Gasteiger partial charge in [0.1, 0.15) is 5.82 Å². The van der Waals surface area contributed by atoms with Gasteiger partial charge >= 0.3 is 0 Å². The number of likely N-dealkylation sites (N-methyl/N-ethyl adjacent to an activating group) is 1. The summed E-state index contributed by atoms with van der Waals surface area (Å²) < 4.78 is 0. The van der Waals surface area contributed by atoms with Gasteiger partial charge in [0.25, 0.3) is 0 Å². The molecule has 1 saturated heterocycles. The van der Waals surface area contributed by atoms with Crippen LogP contribution in [0.4, 0.5) is 11.8 Å². The Hall–Kier alpha value is -1.36. The van der Waals surface area contributed by atoms with E-state index in [1.54, 1.807) is 0 Å². The van der Waals surface area contributed by atoms with Gasteiger partial charge in [0.15, 0.2) is 0 Å². The van der Waals surface area contributed by atoms with Gasteiger partial charge in [-0.3, -0.25) is 0 Å². The number of anilines is 2. The summed E-state index contributed by atoms with van der Waals surface area (Å²) in [7, 11) is 2.01. The van der Waals surface area contributed by atoms with Crippen LogP contribution in [-0.4, -0.2) is 36.1 Å². The van der Waals surface area contributed by atoms with Gasteiger partial charge < -0.3 is 16.0 Å². The topological polar surface area (TPSA) is 67.1 Å². The lowest BCUT2D eigenvalue weighted by Gasteiger charge is -2.40. The van der Waals surface area contributed by atoms with Crippen LogP contribution < -0.4 is 16.0 Å². The number of nitrogens with zero attached hydrogens (tertiary/aromatic N) is 3. The number of nitrogens with two attached hydrogens (primary N) is 1. The minimum atomic E-state index is 0.438. The van der Waals surface area contributed by atoms with Crippen molar-refractivity contribution in [1.29, 1.82) is 0 Å². The molecule has 3 unspecified atom stereocenters. The number of nitrogens with one attached hydrogen (secondary N) is 1. The smallest absolute Gasteiger partial charge is 0.222 e. The Morgan fingerprint density at radius 3 is 2.75 bits per heavy atom. The van der Waals surface area contributed by atoms with E-state index >= 15 is 0 Å². The first-order valence-electron chi connectivity index (χ1n) is 7.79. The molecular formula is C15H23N5. The fraction of sp³-hybridized carbons (Fsp3) is 0.733. The maximum absolute atomic E-state index is 5.94. The number of aromatic nitrogens is 2. The van der Waals surface area contributed by atoms with Crippen LogP contribution in [0.25, 0.3) is 0 Å². The molecule has 2 bridgehead atoms. The van der Waals surface area contributed by atoms with Crippen molar-refractivity contribution in [3.05, 3.63) is 11.8 Å². The van der Waals surface area contributed by atoms with E-state index in [1.165, 1.54) is 31.4 Å². The fourth-order valence-corrected chi connectivity index (χ4v) is 4.28. The molecule has 0 radical (unpaired) electrons. The van der Waals surface area contributed by atoms with Crippen LogP contribution in [-0.2, 0) is 0 Å². The highest BCUT2D eigenvalue weighted by Gasteiger charge is 2.41. The van der Waals surface area contributed by atoms with E-state index < -0.39 is 0 Å². The molecule has 2 heterocycles. The van der Waals surface area contributed by atoms with Crippen molar-refractivity contribution in [2.24, 2.45) is 11.8 Å². The zero-order chi connectivity index (χ0) is 13.7. The molecule has 5 heteroatoms. The van der Waals surface area contributed by atoms with Crippen molar-refractivity contribution in [1.82, 2.24) is 15.3 Å². The predicted octanol–water partition coefficient (Wildman–Crippen LogP) is 1.37. The van der Waals surface area contributed by atoms with Crippen molar-refractivity contribution in [2.75, 3.05) is 30.8 Å². The van der Waals surface area contributed by atoms with E-state index in [9.17, 15) is 0 Å². The summed E-state index contributed by atoms with van der Waals surface area (Å²) in [6, 6.07) is 2.77. The maximum atomic E-state index is 5.94. The molecule has 20 heavy (non-hydrogen) atoms. The molecule has 5 nitrogen and oxygen atoms in total. The highest BCUT2D eigenvalue weighted by atomic mass is 15.3.